The maximum Gasteiger partial charge on any atom is 0.373 e. The number of rotatable bonds is 2. The van der Waals surface area contributed by atoms with Gasteiger partial charge in [0, 0.05) is 6.04 Å². The van der Waals surface area contributed by atoms with Gasteiger partial charge in [-0.05, 0) is 36.5 Å². The molecule has 0 fully saturated rings. The predicted molar refractivity (Wildman–Crippen MR) is 58.7 cm³/mol. The normalized spacial score (nSPS) is 19.0. The van der Waals surface area contributed by atoms with Crippen molar-refractivity contribution in [1.29, 1.82) is 0 Å². The Bertz CT molecular complexity index is 403. The van der Waals surface area contributed by atoms with E-state index in [2.05, 4.69) is 9.78 Å². The van der Waals surface area contributed by atoms with Crippen LogP contribution in [0.4, 0.5) is 0 Å². The molecular formula is C12H15NO3. The third-order valence-electron chi connectivity index (χ3n) is 2.91. The van der Waals surface area contributed by atoms with Crippen LogP contribution in [-0.2, 0) is 16.2 Å². The molecule has 0 radical (unpaired) electrons. The van der Waals surface area contributed by atoms with Gasteiger partial charge >= 0.3 is 5.97 Å². The zero-order valence-corrected chi connectivity index (χ0v) is 9.23. The first-order valence-electron chi connectivity index (χ1n) is 5.36. The number of aryl methyl sites for hydroxylation is 1. The molecule has 1 aromatic rings. The van der Waals surface area contributed by atoms with Crippen LogP contribution in [0.2, 0.25) is 0 Å². The molecule has 0 aliphatic heterocycles. The predicted octanol–water partition coefficient (Wildman–Crippen LogP) is 1.74. The Balaban J connectivity index is 2.42. The molecule has 1 atom stereocenters. The average molecular weight is 221 g/mol. The molecule has 1 unspecified atom stereocenters. The van der Waals surface area contributed by atoms with Crippen molar-refractivity contribution < 1.29 is 14.6 Å². The van der Waals surface area contributed by atoms with Crippen molar-refractivity contribution in [2.75, 3.05) is 7.11 Å². The molecular weight excluding hydrogens is 206 g/mol. The van der Waals surface area contributed by atoms with E-state index in [4.69, 9.17) is 5.73 Å². The molecule has 2 rings (SSSR count). The molecule has 86 valence electrons. The van der Waals surface area contributed by atoms with E-state index in [1.54, 1.807) is 6.07 Å². The summed E-state index contributed by atoms with van der Waals surface area (Å²) in [7, 11) is 1.31. The van der Waals surface area contributed by atoms with Crippen molar-refractivity contribution in [3.8, 4) is 0 Å². The summed E-state index contributed by atoms with van der Waals surface area (Å²) in [5.41, 5.74) is 8.61. The molecule has 4 heteroatoms. The second kappa shape index (κ2) is 4.63. The monoisotopic (exact) mass is 221 g/mol. The van der Waals surface area contributed by atoms with Gasteiger partial charge in [-0.1, -0.05) is 12.1 Å². The van der Waals surface area contributed by atoms with Gasteiger partial charge in [-0.2, -0.15) is 4.89 Å². The van der Waals surface area contributed by atoms with Crippen LogP contribution >= 0.6 is 0 Å². The Morgan fingerprint density at radius 3 is 3.06 bits per heavy atom. The fourth-order valence-corrected chi connectivity index (χ4v) is 2.22. The van der Waals surface area contributed by atoms with Crippen LogP contribution in [0.15, 0.2) is 18.2 Å². The maximum absolute atomic E-state index is 11.7. The van der Waals surface area contributed by atoms with Gasteiger partial charge in [0.2, 0.25) is 0 Å². The molecule has 16 heavy (non-hydrogen) atoms. The largest absolute Gasteiger partial charge is 0.373 e. The van der Waals surface area contributed by atoms with E-state index in [1.165, 1.54) is 7.11 Å². The molecule has 1 aliphatic carbocycles. The highest BCUT2D eigenvalue weighted by atomic mass is 17.2. The van der Waals surface area contributed by atoms with Crippen molar-refractivity contribution in [3.63, 3.8) is 0 Å². The van der Waals surface area contributed by atoms with Crippen LogP contribution in [0.3, 0.4) is 0 Å². The lowest BCUT2D eigenvalue weighted by Gasteiger charge is -2.24. The molecule has 1 aromatic carbocycles. The average Bonchev–Trinajstić information content (AvgIpc) is 2.29. The summed E-state index contributed by atoms with van der Waals surface area (Å²) in [5.74, 6) is -0.475. The number of carbonyl (C=O) groups is 1. The first-order chi connectivity index (χ1) is 7.74. The first kappa shape index (κ1) is 11.1. The molecule has 0 spiro atoms. The van der Waals surface area contributed by atoms with Crippen LogP contribution in [0, 0.1) is 0 Å². The number of hydrogen-bond acceptors (Lipinski definition) is 4. The molecule has 0 saturated carbocycles. The summed E-state index contributed by atoms with van der Waals surface area (Å²) in [6, 6.07) is 5.51. The Labute approximate surface area is 94.3 Å². The Morgan fingerprint density at radius 1 is 1.50 bits per heavy atom. The number of fused-ring (bicyclic) bond motifs is 1. The van der Waals surface area contributed by atoms with E-state index >= 15 is 0 Å². The van der Waals surface area contributed by atoms with Crippen LogP contribution in [0.5, 0.6) is 0 Å². The molecule has 0 saturated heterocycles. The minimum absolute atomic E-state index is 0.0793. The standard InChI is InChI=1S/C12H15NO3/c1-15-16-12(14)9-6-2-4-8-5-3-7-10(13)11(8)9/h2,4,6,10H,3,5,7,13H2,1H3. The van der Waals surface area contributed by atoms with Crippen LogP contribution in [0.1, 0.15) is 40.4 Å². The van der Waals surface area contributed by atoms with Gasteiger partial charge in [0.15, 0.2) is 0 Å². The minimum atomic E-state index is -0.475. The lowest BCUT2D eigenvalue weighted by Crippen LogP contribution is -2.21. The SMILES string of the molecule is COOC(=O)c1cccc2c1C(N)CCC2. The van der Waals surface area contributed by atoms with E-state index in [0.29, 0.717) is 5.56 Å². The number of nitrogens with two attached hydrogens (primary N) is 1. The van der Waals surface area contributed by atoms with Crippen molar-refractivity contribution in [3.05, 3.63) is 34.9 Å². The number of benzene rings is 1. The molecule has 0 heterocycles. The van der Waals surface area contributed by atoms with Gasteiger partial charge in [0.1, 0.15) is 0 Å². The Morgan fingerprint density at radius 2 is 2.31 bits per heavy atom. The second-order valence-corrected chi connectivity index (χ2v) is 3.91. The lowest BCUT2D eigenvalue weighted by atomic mass is 9.85. The topological polar surface area (TPSA) is 61.5 Å². The summed E-state index contributed by atoms with van der Waals surface area (Å²) in [5, 5.41) is 0. The Hall–Kier alpha value is -1.39. The highest BCUT2D eigenvalue weighted by molar-refractivity contribution is 5.91. The maximum atomic E-state index is 11.7. The third kappa shape index (κ3) is 1.94. The number of hydrogen-bond donors (Lipinski definition) is 1. The number of carbonyl (C=O) groups excluding carboxylic acids is 1. The second-order valence-electron chi connectivity index (χ2n) is 3.91. The minimum Gasteiger partial charge on any atom is -0.324 e. The third-order valence-corrected chi connectivity index (χ3v) is 2.91. The molecule has 0 bridgehead atoms. The summed E-state index contributed by atoms with van der Waals surface area (Å²) >= 11 is 0. The van der Waals surface area contributed by atoms with Crippen molar-refractivity contribution in [2.24, 2.45) is 5.73 Å². The quantitative estimate of drug-likeness (QED) is 0.610. The summed E-state index contributed by atoms with van der Waals surface area (Å²) in [6.07, 6.45) is 2.94. The smallest absolute Gasteiger partial charge is 0.324 e. The van der Waals surface area contributed by atoms with E-state index in [9.17, 15) is 4.79 Å². The molecule has 2 N–H and O–H groups in total. The first-order valence-corrected chi connectivity index (χ1v) is 5.36. The van der Waals surface area contributed by atoms with E-state index < -0.39 is 5.97 Å². The van der Waals surface area contributed by atoms with Crippen LogP contribution in [0.25, 0.3) is 0 Å². The summed E-state index contributed by atoms with van der Waals surface area (Å²) < 4.78 is 0. The zero-order valence-electron chi connectivity index (χ0n) is 9.23. The van der Waals surface area contributed by atoms with Gasteiger partial charge in [0.25, 0.3) is 0 Å². The summed E-state index contributed by atoms with van der Waals surface area (Å²) in [6.45, 7) is 0. The van der Waals surface area contributed by atoms with Gasteiger partial charge < -0.3 is 5.73 Å². The van der Waals surface area contributed by atoms with Crippen LogP contribution in [-0.4, -0.2) is 13.1 Å². The van der Waals surface area contributed by atoms with E-state index in [0.717, 1.165) is 30.4 Å². The van der Waals surface area contributed by atoms with Crippen molar-refractivity contribution >= 4 is 5.97 Å². The highest BCUT2D eigenvalue weighted by Gasteiger charge is 2.24. The molecule has 0 aromatic heterocycles. The van der Waals surface area contributed by atoms with E-state index in [1.807, 2.05) is 12.1 Å². The Kier molecular flexibility index (Phi) is 3.22. The molecule has 1 aliphatic rings. The van der Waals surface area contributed by atoms with Gasteiger partial charge in [-0.3, -0.25) is 4.89 Å². The lowest BCUT2D eigenvalue weighted by molar-refractivity contribution is -0.216. The van der Waals surface area contributed by atoms with Crippen molar-refractivity contribution in [1.82, 2.24) is 0 Å². The van der Waals surface area contributed by atoms with Crippen LogP contribution < -0.4 is 5.73 Å². The van der Waals surface area contributed by atoms with Gasteiger partial charge in [0.05, 0.1) is 12.7 Å². The summed E-state index contributed by atoms with van der Waals surface area (Å²) in [4.78, 5) is 20.6. The highest BCUT2D eigenvalue weighted by Crippen LogP contribution is 2.31. The fourth-order valence-electron chi connectivity index (χ4n) is 2.22. The zero-order chi connectivity index (χ0) is 11.5. The van der Waals surface area contributed by atoms with E-state index in [-0.39, 0.29) is 6.04 Å². The van der Waals surface area contributed by atoms with Crippen molar-refractivity contribution in [2.45, 2.75) is 25.3 Å². The molecule has 0 amide bonds. The van der Waals surface area contributed by atoms with Gasteiger partial charge in [-0.15, -0.1) is 0 Å². The fraction of sp³-hybridized carbons (Fsp3) is 0.417. The van der Waals surface area contributed by atoms with Gasteiger partial charge in [-0.25, -0.2) is 4.79 Å². The molecule has 4 nitrogen and oxygen atoms in total.